The zero-order valence-electron chi connectivity index (χ0n) is 14.4. The van der Waals surface area contributed by atoms with Gasteiger partial charge in [-0.15, -0.1) is 0 Å². The third-order valence-corrected chi connectivity index (χ3v) is 4.45. The van der Waals surface area contributed by atoms with E-state index in [4.69, 9.17) is 9.47 Å². The minimum Gasteiger partial charge on any atom is -0.378 e. The summed E-state index contributed by atoms with van der Waals surface area (Å²) in [5.74, 6) is -0.0407. The second kappa shape index (κ2) is 8.94. The van der Waals surface area contributed by atoms with Gasteiger partial charge >= 0.3 is 0 Å². The van der Waals surface area contributed by atoms with Crippen molar-refractivity contribution in [2.45, 2.75) is 12.6 Å². The van der Waals surface area contributed by atoms with Crippen molar-refractivity contribution >= 4 is 11.8 Å². The third kappa shape index (κ3) is 5.26. The number of amides is 2. The fraction of sp³-hybridized carbons (Fsp3) is 0.556. The maximum atomic E-state index is 12.5. The highest BCUT2D eigenvalue weighted by Crippen LogP contribution is 2.10. The number of ether oxygens (including phenoxy) is 2. The van der Waals surface area contributed by atoms with Crippen LogP contribution in [0.2, 0.25) is 0 Å². The van der Waals surface area contributed by atoms with E-state index in [0.717, 1.165) is 5.56 Å². The number of nitrogens with zero attached hydrogens (tertiary/aromatic N) is 2. The molecule has 1 aromatic rings. The Bertz CT molecular complexity index is 575. The van der Waals surface area contributed by atoms with Crippen molar-refractivity contribution in [3.63, 3.8) is 0 Å². The minimum absolute atomic E-state index is 0.00214. The van der Waals surface area contributed by atoms with Crippen LogP contribution in [0, 0.1) is 0 Å². The molecule has 1 atom stereocenters. The van der Waals surface area contributed by atoms with E-state index in [0.29, 0.717) is 52.5 Å². The van der Waals surface area contributed by atoms with Gasteiger partial charge in [0.25, 0.3) is 5.91 Å². The van der Waals surface area contributed by atoms with E-state index < -0.39 is 6.10 Å². The van der Waals surface area contributed by atoms with Gasteiger partial charge in [-0.2, -0.15) is 0 Å². The highest BCUT2D eigenvalue weighted by atomic mass is 16.5. The highest BCUT2D eigenvalue weighted by Gasteiger charge is 2.31. The third-order valence-electron chi connectivity index (χ3n) is 4.45. The lowest BCUT2D eigenvalue weighted by Gasteiger charge is -2.35. The van der Waals surface area contributed by atoms with Crippen LogP contribution in [0.1, 0.15) is 5.56 Å². The first-order valence-corrected chi connectivity index (χ1v) is 8.73. The normalized spacial score (nSPS) is 21.8. The molecule has 7 heteroatoms. The van der Waals surface area contributed by atoms with Crippen LogP contribution in [0.4, 0.5) is 0 Å². The smallest absolute Gasteiger partial charge is 0.253 e. The molecule has 2 saturated heterocycles. The number of rotatable bonds is 5. The fourth-order valence-electron chi connectivity index (χ4n) is 3.04. The summed E-state index contributed by atoms with van der Waals surface area (Å²) in [6.45, 7) is 4.73. The van der Waals surface area contributed by atoms with Crippen molar-refractivity contribution in [3.05, 3.63) is 35.9 Å². The summed E-state index contributed by atoms with van der Waals surface area (Å²) >= 11 is 0. The second-order valence-electron chi connectivity index (χ2n) is 6.29. The summed E-state index contributed by atoms with van der Waals surface area (Å²) in [6.07, 6.45) is -0.492. The Morgan fingerprint density at radius 3 is 2.60 bits per heavy atom. The molecule has 1 aromatic carbocycles. The van der Waals surface area contributed by atoms with E-state index in [1.807, 2.05) is 35.2 Å². The van der Waals surface area contributed by atoms with Crippen LogP contribution in [-0.2, 0) is 25.6 Å². The van der Waals surface area contributed by atoms with Gasteiger partial charge in [-0.05, 0) is 5.56 Å². The quantitative estimate of drug-likeness (QED) is 0.803. The summed E-state index contributed by atoms with van der Waals surface area (Å²) in [7, 11) is 0. The Morgan fingerprint density at radius 2 is 1.84 bits per heavy atom. The average Bonchev–Trinajstić information content (AvgIpc) is 2.67. The highest BCUT2D eigenvalue weighted by molar-refractivity contribution is 5.82. The van der Waals surface area contributed by atoms with Gasteiger partial charge in [0, 0.05) is 32.7 Å². The SMILES string of the molecule is O=C(CN1CCOC(C(=O)N2CCOCC2)C1)NCc1ccccc1. The lowest BCUT2D eigenvalue weighted by Crippen LogP contribution is -2.54. The summed E-state index contributed by atoms with van der Waals surface area (Å²) in [5.41, 5.74) is 1.07. The molecule has 136 valence electrons. The Balaban J connectivity index is 1.44. The number of benzene rings is 1. The first-order chi connectivity index (χ1) is 12.2. The molecule has 0 spiro atoms. The van der Waals surface area contributed by atoms with Crippen molar-refractivity contribution < 1.29 is 19.1 Å². The molecule has 0 aromatic heterocycles. The van der Waals surface area contributed by atoms with Crippen LogP contribution in [0.3, 0.4) is 0 Å². The molecule has 2 fully saturated rings. The van der Waals surface area contributed by atoms with Gasteiger partial charge < -0.3 is 19.7 Å². The first-order valence-electron chi connectivity index (χ1n) is 8.73. The Kier molecular flexibility index (Phi) is 6.38. The predicted molar refractivity (Wildman–Crippen MR) is 91.9 cm³/mol. The monoisotopic (exact) mass is 347 g/mol. The molecule has 2 heterocycles. The zero-order valence-corrected chi connectivity index (χ0v) is 14.4. The van der Waals surface area contributed by atoms with Crippen LogP contribution in [0.15, 0.2) is 30.3 Å². The number of hydrogen-bond acceptors (Lipinski definition) is 5. The first kappa shape index (κ1) is 17.8. The molecule has 2 aliphatic rings. The van der Waals surface area contributed by atoms with Crippen molar-refractivity contribution in [2.75, 3.05) is 52.5 Å². The lowest BCUT2D eigenvalue weighted by molar-refractivity contribution is -0.154. The van der Waals surface area contributed by atoms with E-state index in [-0.39, 0.29) is 18.4 Å². The second-order valence-corrected chi connectivity index (χ2v) is 6.29. The van der Waals surface area contributed by atoms with Gasteiger partial charge in [-0.1, -0.05) is 30.3 Å². The largest absolute Gasteiger partial charge is 0.378 e. The Hall–Kier alpha value is -1.96. The molecule has 25 heavy (non-hydrogen) atoms. The summed E-state index contributed by atoms with van der Waals surface area (Å²) in [6, 6.07) is 9.80. The van der Waals surface area contributed by atoms with E-state index in [2.05, 4.69) is 5.32 Å². The van der Waals surface area contributed by atoms with Crippen molar-refractivity contribution in [2.24, 2.45) is 0 Å². The molecule has 1 N–H and O–H groups in total. The summed E-state index contributed by atoms with van der Waals surface area (Å²) in [5, 5.41) is 2.92. The van der Waals surface area contributed by atoms with Gasteiger partial charge in [0.05, 0.1) is 26.4 Å². The fourth-order valence-corrected chi connectivity index (χ4v) is 3.04. The van der Waals surface area contributed by atoms with Crippen LogP contribution in [0.5, 0.6) is 0 Å². The van der Waals surface area contributed by atoms with Gasteiger partial charge in [-0.3, -0.25) is 14.5 Å². The molecule has 3 rings (SSSR count). The predicted octanol–water partition coefficient (Wildman–Crippen LogP) is -0.138. The Labute approximate surface area is 147 Å². The van der Waals surface area contributed by atoms with E-state index >= 15 is 0 Å². The lowest BCUT2D eigenvalue weighted by atomic mass is 10.2. The van der Waals surface area contributed by atoms with E-state index in [1.165, 1.54) is 0 Å². The van der Waals surface area contributed by atoms with E-state index in [1.54, 1.807) is 4.90 Å². The molecule has 7 nitrogen and oxygen atoms in total. The van der Waals surface area contributed by atoms with Crippen LogP contribution < -0.4 is 5.32 Å². The molecule has 2 aliphatic heterocycles. The van der Waals surface area contributed by atoms with Crippen molar-refractivity contribution in [3.8, 4) is 0 Å². The molecular formula is C18H25N3O4. The van der Waals surface area contributed by atoms with Gasteiger partial charge in [0.15, 0.2) is 0 Å². The number of hydrogen-bond donors (Lipinski definition) is 1. The summed E-state index contributed by atoms with van der Waals surface area (Å²) < 4.78 is 10.9. The number of carbonyl (C=O) groups is 2. The molecule has 0 aliphatic carbocycles. The van der Waals surface area contributed by atoms with Gasteiger partial charge in [0.1, 0.15) is 6.10 Å². The van der Waals surface area contributed by atoms with Crippen LogP contribution >= 0.6 is 0 Å². The van der Waals surface area contributed by atoms with Crippen LogP contribution in [0.25, 0.3) is 0 Å². The van der Waals surface area contributed by atoms with Crippen LogP contribution in [-0.4, -0.2) is 80.3 Å². The average molecular weight is 347 g/mol. The molecular weight excluding hydrogens is 322 g/mol. The zero-order chi connectivity index (χ0) is 17.5. The van der Waals surface area contributed by atoms with Crippen molar-refractivity contribution in [1.29, 1.82) is 0 Å². The maximum absolute atomic E-state index is 12.5. The van der Waals surface area contributed by atoms with Crippen molar-refractivity contribution in [1.82, 2.24) is 15.1 Å². The minimum atomic E-state index is -0.492. The molecule has 0 radical (unpaired) electrons. The molecule has 1 unspecified atom stereocenters. The number of nitrogens with one attached hydrogen (secondary N) is 1. The maximum Gasteiger partial charge on any atom is 0.253 e. The topological polar surface area (TPSA) is 71.1 Å². The van der Waals surface area contributed by atoms with Gasteiger partial charge in [0.2, 0.25) is 5.91 Å². The number of carbonyl (C=O) groups excluding carboxylic acids is 2. The molecule has 0 saturated carbocycles. The number of morpholine rings is 2. The standard InChI is InChI=1S/C18H25N3O4/c22-17(19-12-15-4-2-1-3-5-15)14-20-6-11-25-16(13-20)18(23)21-7-9-24-10-8-21/h1-5,16H,6-14H2,(H,19,22). The molecule has 0 bridgehead atoms. The van der Waals surface area contributed by atoms with E-state index in [9.17, 15) is 9.59 Å². The molecule has 2 amide bonds. The van der Waals surface area contributed by atoms with Gasteiger partial charge in [-0.25, -0.2) is 0 Å². The summed E-state index contributed by atoms with van der Waals surface area (Å²) in [4.78, 5) is 28.4. The Morgan fingerprint density at radius 1 is 1.08 bits per heavy atom.